The third-order valence-corrected chi connectivity index (χ3v) is 6.20. The molecule has 4 rings (SSSR count). The van der Waals surface area contributed by atoms with Gasteiger partial charge in [0.2, 0.25) is 5.91 Å². The standard InChI is InChI=1S/C20H26ClN5O2S/c1-28-17-5-2-14(21)12-16(17)22-9-6-18(27)25-10-7-13(8-11-25)19-23-24-20(29)26(19)15-3-4-15/h2,5,12-13,15,22H,3-4,6-11H2,1H3,(H,24,29). The first-order valence-electron chi connectivity index (χ1n) is 10.1. The Morgan fingerprint density at radius 3 is 2.79 bits per heavy atom. The molecule has 1 aromatic carbocycles. The van der Waals surface area contributed by atoms with Crippen LogP contribution in [-0.4, -0.2) is 52.3 Å². The van der Waals surface area contributed by atoms with Crippen molar-refractivity contribution in [3.8, 4) is 5.75 Å². The lowest BCUT2D eigenvalue weighted by atomic mass is 9.95. The van der Waals surface area contributed by atoms with Gasteiger partial charge in [-0.1, -0.05) is 11.6 Å². The van der Waals surface area contributed by atoms with Crippen molar-refractivity contribution in [2.75, 3.05) is 32.1 Å². The summed E-state index contributed by atoms with van der Waals surface area (Å²) in [6.45, 7) is 2.05. The number of nitrogens with zero attached hydrogens (tertiary/aromatic N) is 3. The van der Waals surface area contributed by atoms with Crippen LogP contribution in [0, 0.1) is 4.77 Å². The number of aromatic amines is 1. The molecule has 2 aromatic rings. The molecule has 2 N–H and O–H groups in total. The summed E-state index contributed by atoms with van der Waals surface area (Å²) in [5.74, 6) is 2.31. The third kappa shape index (κ3) is 4.59. The molecule has 9 heteroatoms. The molecule has 1 aliphatic heterocycles. The maximum atomic E-state index is 12.6. The largest absolute Gasteiger partial charge is 0.495 e. The Balaban J connectivity index is 1.28. The Kier molecular flexibility index (Phi) is 6.10. The molecule has 1 amide bonds. The van der Waals surface area contributed by atoms with E-state index >= 15 is 0 Å². The second kappa shape index (κ2) is 8.75. The number of likely N-dealkylation sites (tertiary alicyclic amines) is 1. The van der Waals surface area contributed by atoms with E-state index < -0.39 is 0 Å². The normalized spacial score (nSPS) is 17.4. The van der Waals surface area contributed by atoms with Gasteiger partial charge < -0.3 is 19.5 Å². The molecule has 7 nitrogen and oxygen atoms in total. The first-order valence-corrected chi connectivity index (χ1v) is 10.9. The number of ether oxygens (including phenoxy) is 1. The first-order chi connectivity index (χ1) is 14.1. The number of halogens is 1. The van der Waals surface area contributed by atoms with E-state index in [1.54, 1.807) is 13.2 Å². The number of piperidine rings is 1. The van der Waals surface area contributed by atoms with Gasteiger partial charge in [-0.15, -0.1) is 0 Å². The van der Waals surface area contributed by atoms with E-state index in [0.717, 1.165) is 42.2 Å². The average molecular weight is 436 g/mol. The molecule has 2 heterocycles. The molecular weight excluding hydrogens is 410 g/mol. The monoisotopic (exact) mass is 435 g/mol. The number of benzene rings is 1. The van der Waals surface area contributed by atoms with Gasteiger partial charge in [-0.25, -0.2) is 0 Å². The highest BCUT2D eigenvalue weighted by Gasteiger charge is 2.32. The summed E-state index contributed by atoms with van der Waals surface area (Å²) in [6, 6.07) is 5.92. The van der Waals surface area contributed by atoms with Crippen molar-refractivity contribution < 1.29 is 9.53 Å². The number of hydrogen-bond acceptors (Lipinski definition) is 5. The molecular formula is C20H26ClN5O2S. The Labute approximate surface area is 180 Å². The van der Waals surface area contributed by atoms with Crippen molar-refractivity contribution in [2.45, 2.75) is 44.1 Å². The van der Waals surface area contributed by atoms with Crippen LogP contribution in [0.15, 0.2) is 18.2 Å². The molecule has 1 aromatic heterocycles. The van der Waals surface area contributed by atoms with Crippen molar-refractivity contribution >= 4 is 35.4 Å². The number of hydrogen-bond donors (Lipinski definition) is 2. The van der Waals surface area contributed by atoms with Crippen LogP contribution in [0.2, 0.25) is 5.02 Å². The van der Waals surface area contributed by atoms with E-state index in [0.29, 0.717) is 35.7 Å². The number of nitrogens with one attached hydrogen (secondary N) is 2. The number of amides is 1. The predicted molar refractivity (Wildman–Crippen MR) is 115 cm³/mol. The molecule has 0 radical (unpaired) electrons. The van der Waals surface area contributed by atoms with Crippen molar-refractivity contribution in [3.63, 3.8) is 0 Å². The Morgan fingerprint density at radius 2 is 2.10 bits per heavy atom. The lowest BCUT2D eigenvalue weighted by molar-refractivity contribution is -0.132. The first kappa shape index (κ1) is 20.2. The van der Waals surface area contributed by atoms with Crippen LogP contribution in [0.4, 0.5) is 5.69 Å². The fraction of sp³-hybridized carbons (Fsp3) is 0.550. The minimum absolute atomic E-state index is 0.165. The van der Waals surface area contributed by atoms with E-state index in [9.17, 15) is 4.79 Å². The van der Waals surface area contributed by atoms with E-state index in [2.05, 4.69) is 20.1 Å². The summed E-state index contributed by atoms with van der Waals surface area (Å²) < 4.78 is 8.25. The van der Waals surface area contributed by atoms with Crippen LogP contribution in [0.1, 0.15) is 49.9 Å². The van der Waals surface area contributed by atoms with Crippen LogP contribution in [0.25, 0.3) is 0 Å². The lowest BCUT2D eigenvalue weighted by Gasteiger charge is -2.32. The van der Waals surface area contributed by atoms with E-state index in [1.165, 1.54) is 12.8 Å². The molecule has 0 unspecified atom stereocenters. The van der Waals surface area contributed by atoms with Gasteiger partial charge in [-0.2, -0.15) is 5.10 Å². The number of carbonyl (C=O) groups excluding carboxylic acids is 1. The summed E-state index contributed by atoms with van der Waals surface area (Å²) in [6.07, 6.45) is 4.65. The van der Waals surface area contributed by atoms with Gasteiger partial charge in [0.15, 0.2) is 4.77 Å². The zero-order valence-corrected chi connectivity index (χ0v) is 18.1. The van der Waals surface area contributed by atoms with Crippen molar-refractivity contribution in [3.05, 3.63) is 33.8 Å². The fourth-order valence-electron chi connectivity index (χ4n) is 3.96. The topological polar surface area (TPSA) is 75.2 Å². The number of rotatable bonds is 7. The maximum absolute atomic E-state index is 12.6. The summed E-state index contributed by atoms with van der Waals surface area (Å²) in [5.41, 5.74) is 0.800. The molecule has 0 atom stereocenters. The molecule has 0 bridgehead atoms. The highest BCUT2D eigenvalue weighted by molar-refractivity contribution is 7.71. The molecule has 1 saturated carbocycles. The second-order valence-electron chi connectivity index (χ2n) is 7.66. The number of aromatic nitrogens is 3. The average Bonchev–Trinajstić information content (AvgIpc) is 3.49. The van der Waals surface area contributed by atoms with Crippen LogP contribution < -0.4 is 10.1 Å². The van der Waals surface area contributed by atoms with Crippen molar-refractivity contribution in [1.29, 1.82) is 0 Å². The van der Waals surface area contributed by atoms with Crippen LogP contribution in [0.3, 0.4) is 0 Å². The molecule has 2 fully saturated rings. The maximum Gasteiger partial charge on any atom is 0.224 e. The molecule has 0 spiro atoms. The van der Waals surface area contributed by atoms with E-state index in [4.69, 9.17) is 28.6 Å². The van der Waals surface area contributed by atoms with Crippen LogP contribution in [-0.2, 0) is 4.79 Å². The summed E-state index contributed by atoms with van der Waals surface area (Å²) >= 11 is 11.4. The molecule has 29 heavy (non-hydrogen) atoms. The number of methoxy groups -OCH3 is 1. The van der Waals surface area contributed by atoms with Gasteiger partial charge in [-0.05, 0) is 56.1 Å². The van der Waals surface area contributed by atoms with Gasteiger partial charge in [0.1, 0.15) is 11.6 Å². The highest BCUT2D eigenvalue weighted by Crippen LogP contribution is 2.39. The number of H-pyrrole nitrogens is 1. The zero-order chi connectivity index (χ0) is 20.4. The predicted octanol–water partition coefficient (Wildman–Crippen LogP) is 4.15. The van der Waals surface area contributed by atoms with E-state index in [1.807, 2.05) is 17.0 Å². The summed E-state index contributed by atoms with van der Waals surface area (Å²) in [4.78, 5) is 14.6. The highest BCUT2D eigenvalue weighted by atomic mass is 35.5. The Morgan fingerprint density at radius 1 is 1.34 bits per heavy atom. The molecule has 1 saturated heterocycles. The summed E-state index contributed by atoms with van der Waals surface area (Å²) in [7, 11) is 1.62. The Bertz CT molecular complexity index is 931. The Hall–Kier alpha value is -2.06. The fourth-order valence-corrected chi connectivity index (χ4v) is 4.42. The third-order valence-electron chi connectivity index (χ3n) is 5.67. The van der Waals surface area contributed by atoms with Crippen molar-refractivity contribution in [2.24, 2.45) is 0 Å². The number of anilines is 1. The van der Waals surface area contributed by atoms with E-state index in [-0.39, 0.29) is 5.91 Å². The molecule has 156 valence electrons. The molecule has 1 aliphatic carbocycles. The van der Waals surface area contributed by atoms with Crippen LogP contribution in [0.5, 0.6) is 5.75 Å². The smallest absolute Gasteiger partial charge is 0.224 e. The number of carbonyl (C=O) groups is 1. The molecule has 2 aliphatic rings. The summed E-state index contributed by atoms with van der Waals surface area (Å²) in [5, 5.41) is 11.3. The van der Waals surface area contributed by atoms with Crippen LogP contribution >= 0.6 is 23.8 Å². The zero-order valence-electron chi connectivity index (χ0n) is 16.5. The van der Waals surface area contributed by atoms with Gasteiger partial charge >= 0.3 is 0 Å². The van der Waals surface area contributed by atoms with Gasteiger partial charge in [-0.3, -0.25) is 9.89 Å². The second-order valence-corrected chi connectivity index (χ2v) is 8.49. The lowest BCUT2D eigenvalue weighted by Crippen LogP contribution is -2.39. The van der Waals surface area contributed by atoms with Gasteiger partial charge in [0, 0.05) is 43.0 Å². The minimum atomic E-state index is 0.165. The van der Waals surface area contributed by atoms with Gasteiger partial charge in [0.25, 0.3) is 0 Å². The minimum Gasteiger partial charge on any atom is -0.495 e. The van der Waals surface area contributed by atoms with Gasteiger partial charge in [0.05, 0.1) is 12.8 Å². The van der Waals surface area contributed by atoms with Crippen molar-refractivity contribution in [1.82, 2.24) is 19.7 Å². The SMILES string of the molecule is COc1ccc(Cl)cc1NCCC(=O)N1CCC(c2n[nH]c(=S)n2C2CC2)CC1. The quantitative estimate of drug-likeness (QED) is 0.639.